The van der Waals surface area contributed by atoms with E-state index in [4.69, 9.17) is 39.5 Å². The Kier molecular flexibility index (Phi) is 6.34. The molecule has 3 aromatic rings. The van der Waals surface area contributed by atoms with E-state index in [0.717, 1.165) is 0 Å². The summed E-state index contributed by atoms with van der Waals surface area (Å²) in [5.41, 5.74) is 0.740. The number of aliphatic hydroxyl groups excluding tert-OH is 1. The Morgan fingerprint density at radius 1 is 0.970 bits per heavy atom. The summed E-state index contributed by atoms with van der Waals surface area (Å²) >= 11 is 18.4. The molecule has 1 aliphatic heterocycles. The Labute approximate surface area is 203 Å². The predicted molar refractivity (Wildman–Crippen MR) is 126 cm³/mol. The number of benzene rings is 3. The van der Waals surface area contributed by atoms with Crippen LogP contribution in [0.25, 0.3) is 5.76 Å². The van der Waals surface area contributed by atoms with Gasteiger partial charge in [-0.1, -0.05) is 46.9 Å². The number of ether oxygens (including phenoxy) is 1. The number of hydrogen-bond acceptors (Lipinski definition) is 4. The molecular formula is C24H15Cl3FNO4. The van der Waals surface area contributed by atoms with Gasteiger partial charge in [-0.2, -0.15) is 0 Å². The third kappa shape index (κ3) is 4.17. The van der Waals surface area contributed by atoms with Gasteiger partial charge in [0.1, 0.15) is 11.6 Å². The van der Waals surface area contributed by atoms with E-state index in [2.05, 4.69) is 0 Å². The summed E-state index contributed by atoms with van der Waals surface area (Å²) < 4.78 is 18.6. The van der Waals surface area contributed by atoms with Gasteiger partial charge in [-0.15, -0.1) is 0 Å². The monoisotopic (exact) mass is 505 g/mol. The zero-order chi connectivity index (χ0) is 23.9. The van der Waals surface area contributed by atoms with Crippen LogP contribution in [0.4, 0.5) is 10.1 Å². The highest BCUT2D eigenvalue weighted by atomic mass is 35.5. The molecule has 0 spiro atoms. The van der Waals surface area contributed by atoms with Crippen LogP contribution >= 0.6 is 34.8 Å². The Balaban J connectivity index is 1.95. The third-order valence-electron chi connectivity index (χ3n) is 5.21. The van der Waals surface area contributed by atoms with Crippen LogP contribution in [-0.2, 0) is 9.59 Å². The molecule has 5 nitrogen and oxygen atoms in total. The van der Waals surface area contributed by atoms with E-state index in [1.54, 1.807) is 24.3 Å². The van der Waals surface area contributed by atoms with Crippen molar-refractivity contribution in [3.8, 4) is 5.75 Å². The second kappa shape index (κ2) is 9.06. The van der Waals surface area contributed by atoms with Gasteiger partial charge in [-0.25, -0.2) is 4.39 Å². The minimum atomic E-state index is -1.01. The van der Waals surface area contributed by atoms with Crippen molar-refractivity contribution in [1.82, 2.24) is 0 Å². The molecule has 1 amide bonds. The molecule has 168 valence electrons. The number of carbonyl (C=O) groups excluding carboxylic acids is 2. The van der Waals surface area contributed by atoms with Gasteiger partial charge < -0.3 is 9.84 Å². The van der Waals surface area contributed by atoms with Crippen LogP contribution < -0.4 is 9.64 Å². The average Bonchev–Trinajstić information content (AvgIpc) is 3.05. The van der Waals surface area contributed by atoms with Gasteiger partial charge in [-0.3, -0.25) is 14.5 Å². The van der Waals surface area contributed by atoms with E-state index in [-0.39, 0.29) is 32.6 Å². The number of hydrogen-bond donors (Lipinski definition) is 1. The molecule has 0 radical (unpaired) electrons. The zero-order valence-corrected chi connectivity index (χ0v) is 19.2. The van der Waals surface area contributed by atoms with Gasteiger partial charge in [0.2, 0.25) is 0 Å². The second-order valence-electron chi connectivity index (χ2n) is 7.17. The molecule has 33 heavy (non-hydrogen) atoms. The minimum Gasteiger partial charge on any atom is -0.507 e. The molecule has 1 fully saturated rings. The highest BCUT2D eigenvalue weighted by Crippen LogP contribution is 2.44. The quantitative estimate of drug-likeness (QED) is 0.252. The number of aliphatic hydroxyl groups is 1. The molecule has 4 rings (SSSR count). The van der Waals surface area contributed by atoms with Crippen molar-refractivity contribution in [3.63, 3.8) is 0 Å². The third-order valence-corrected chi connectivity index (χ3v) is 6.02. The van der Waals surface area contributed by atoms with Gasteiger partial charge >= 0.3 is 0 Å². The number of amides is 1. The van der Waals surface area contributed by atoms with Gasteiger partial charge in [-0.05, 0) is 54.1 Å². The molecule has 1 unspecified atom stereocenters. The smallest absolute Gasteiger partial charge is 0.300 e. The highest BCUT2D eigenvalue weighted by Gasteiger charge is 2.47. The van der Waals surface area contributed by atoms with Crippen LogP contribution in [-0.4, -0.2) is 23.9 Å². The number of anilines is 1. The fourth-order valence-corrected chi connectivity index (χ4v) is 4.48. The van der Waals surface area contributed by atoms with E-state index < -0.39 is 29.3 Å². The molecule has 3 aromatic carbocycles. The lowest BCUT2D eigenvalue weighted by Crippen LogP contribution is -2.29. The molecule has 0 aromatic heterocycles. The van der Waals surface area contributed by atoms with Gasteiger partial charge in [0.05, 0.1) is 28.8 Å². The number of nitrogens with zero attached hydrogens (tertiary/aromatic N) is 1. The predicted octanol–water partition coefficient (Wildman–Crippen LogP) is 6.42. The van der Waals surface area contributed by atoms with Crippen molar-refractivity contribution in [3.05, 3.63) is 98.2 Å². The standard InChI is InChI=1S/C24H15Cl3FNO4/c1-33-23-17(26)10-13(11-18(23)27)21(30)19-20(12-2-4-14(25)5-3-12)29(24(32)22(19)31)16-8-6-15(28)7-9-16/h2-11,20,30H,1H3/b21-19+. The summed E-state index contributed by atoms with van der Waals surface area (Å²) in [5, 5.41) is 11.8. The zero-order valence-electron chi connectivity index (χ0n) is 17.0. The van der Waals surface area contributed by atoms with Crippen molar-refractivity contribution in [1.29, 1.82) is 0 Å². The normalized spacial score (nSPS) is 17.5. The molecule has 1 heterocycles. The molecule has 0 aliphatic carbocycles. The van der Waals surface area contributed by atoms with Crippen molar-refractivity contribution in [2.45, 2.75) is 6.04 Å². The molecule has 1 aliphatic rings. The summed E-state index contributed by atoms with van der Waals surface area (Å²) in [6.45, 7) is 0. The average molecular weight is 507 g/mol. The SMILES string of the molecule is COc1c(Cl)cc(/C(O)=C2\C(=O)C(=O)N(c3ccc(F)cc3)C2c2ccc(Cl)cc2)cc1Cl. The summed E-state index contributed by atoms with van der Waals surface area (Å²) in [4.78, 5) is 27.4. The molecule has 1 saturated heterocycles. The van der Waals surface area contributed by atoms with E-state index in [9.17, 15) is 19.1 Å². The van der Waals surface area contributed by atoms with E-state index >= 15 is 0 Å². The number of ketones is 1. The summed E-state index contributed by atoms with van der Waals surface area (Å²) in [6.07, 6.45) is 0. The highest BCUT2D eigenvalue weighted by molar-refractivity contribution is 6.51. The lowest BCUT2D eigenvalue weighted by Gasteiger charge is -2.25. The lowest BCUT2D eigenvalue weighted by atomic mass is 9.95. The first-order chi connectivity index (χ1) is 15.7. The summed E-state index contributed by atoms with van der Waals surface area (Å²) in [5.74, 6) is -2.56. The first-order valence-electron chi connectivity index (χ1n) is 9.58. The molecule has 0 bridgehead atoms. The Morgan fingerprint density at radius 3 is 2.09 bits per heavy atom. The summed E-state index contributed by atoms with van der Waals surface area (Å²) in [7, 11) is 1.39. The maximum Gasteiger partial charge on any atom is 0.300 e. The number of rotatable bonds is 4. The van der Waals surface area contributed by atoms with Crippen molar-refractivity contribution < 1.29 is 23.8 Å². The van der Waals surface area contributed by atoms with Crippen LogP contribution in [0, 0.1) is 5.82 Å². The number of halogens is 4. The lowest BCUT2D eigenvalue weighted by molar-refractivity contribution is -0.132. The molecule has 9 heteroatoms. The summed E-state index contributed by atoms with van der Waals surface area (Å²) in [6, 6.07) is 13.3. The topological polar surface area (TPSA) is 66.8 Å². The number of carbonyl (C=O) groups is 2. The number of methoxy groups -OCH3 is 1. The first-order valence-corrected chi connectivity index (χ1v) is 10.7. The fourth-order valence-electron chi connectivity index (χ4n) is 3.71. The van der Waals surface area contributed by atoms with E-state index in [1.807, 2.05) is 0 Å². The van der Waals surface area contributed by atoms with Crippen LogP contribution in [0.1, 0.15) is 17.2 Å². The van der Waals surface area contributed by atoms with Crippen molar-refractivity contribution >= 4 is 57.9 Å². The minimum absolute atomic E-state index is 0.113. The Morgan fingerprint density at radius 2 is 1.55 bits per heavy atom. The van der Waals surface area contributed by atoms with Gasteiger partial charge in [0.25, 0.3) is 11.7 Å². The first kappa shape index (κ1) is 23.1. The van der Waals surface area contributed by atoms with Crippen molar-refractivity contribution in [2.75, 3.05) is 12.0 Å². The fraction of sp³-hybridized carbons (Fsp3) is 0.0833. The van der Waals surface area contributed by atoms with E-state index in [0.29, 0.717) is 10.6 Å². The van der Waals surface area contributed by atoms with E-state index in [1.165, 1.54) is 48.4 Å². The maximum atomic E-state index is 13.5. The molecular weight excluding hydrogens is 492 g/mol. The Bertz CT molecular complexity index is 1270. The molecule has 1 N–H and O–H groups in total. The Hall–Kier alpha value is -3.06. The number of Topliss-reactive ketones (excluding diaryl/α,β-unsaturated/α-hetero) is 1. The van der Waals surface area contributed by atoms with Gasteiger partial charge in [0, 0.05) is 16.3 Å². The van der Waals surface area contributed by atoms with Crippen LogP contribution in [0.5, 0.6) is 5.75 Å². The molecule has 1 atom stereocenters. The second-order valence-corrected chi connectivity index (χ2v) is 8.42. The van der Waals surface area contributed by atoms with Crippen molar-refractivity contribution in [2.24, 2.45) is 0 Å². The van der Waals surface area contributed by atoms with Crippen LogP contribution in [0.15, 0.2) is 66.2 Å². The maximum absolute atomic E-state index is 13.5. The molecule has 0 saturated carbocycles. The van der Waals surface area contributed by atoms with Crippen LogP contribution in [0.3, 0.4) is 0 Å². The van der Waals surface area contributed by atoms with Crippen LogP contribution in [0.2, 0.25) is 15.1 Å². The largest absolute Gasteiger partial charge is 0.507 e. The van der Waals surface area contributed by atoms with Gasteiger partial charge in [0.15, 0.2) is 5.75 Å².